The molecule has 2 unspecified atom stereocenters. The largest absolute Gasteiger partial charge is 0.468 e. The SMILES string of the molecule is CCN1CCCC(NC(CC(C)C)C(=O)OC)CC1. The number of hydrogen-bond donors (Lipinski definition) is 1. The Labute approximate surface area is 117 Å². The third kappa shape index (κ3) is 5.91. The van der Waals surface area contributed by atoms with Crippen LogP contribution in [0.5, 0.6) is 0 Å². The predicted molar refractivity (Wildman–Crippen MR) is 78.1 cm³/mol. The summed E-state index contributed by atoms with van der Waals surface area (Å²) in [6, 6.07) is 0.294. The third-order valence-electron chi connectivity index (χ3n) is 3.90. The summed E-state index contributed by atoms with van der Waals surface area (Å²) in [5.74, 6) is 0.375. The molecule has 1 rings (SSSR count). The lowest BCUT2D eigenvalue weighted by Crippen LogP contribution is -2.45. The molecule has 0 aliphatic carbocycles. The molecule has 1 aliphatic rings. The average Bonchev–Trinajstić information content (AvgIpc) is 2.61. The molecule has 1 fully saturated rings. The van der Waals surface area contributed by atoms with E-state index in [-0.39, 0.29) is 12.0 Å². The van der Waals surface area contributed by atoms with Gasteiger partial charge in [0.1, 0.15) is 6.04 Å². The van der Waals surface area contributed by atoms with E-state index < -0.39 is 0 Å². The lowest BCUT2D eigenvalue weighted by atomic mass is 10.0. The van der Waals surface area contributed by atoms with Crippen LogP contribution in [-0.2, 0) is 9.53 Å². The number of nitrogens with one attached hydrogen (secondary N) is 1. The predicted octanol–water partition coefficient (Wildman–Crippen LogP) is 2.04. The van der Waals surface area contributed by atoms with Gasteiger partial charge in [0, 0.05) is 6.04 Å². The van der Waals surface area contributed by atoms with Crippen LogP contribution in [0.1, 0.15) is 46.5 Å². The van der Waals surface area contributed by atoms with Gasteiger partial charge in [0.25, 0.3) is 0 Å². The van der Waals surface area contributed by atoms with Gasteiger partial charge in [0.05, 0.1) is 7.11 Å². The van der Waals surface area contributed by atoms with E-state index in [9.17, 15) is 4.79 Å². The molecule has 1 aliphatic heterocycles. The monoisotopic (exact) mass is 270 g/mol. The van der Waals surface area contributed by atoms with Crippen LogP contribution in [0.3, 0.4) is 0 Å². The number of carbonyl (C=O) groups is 1. The van der Waals surface area contributed by atoms with Crippen molar-refractivity contribution in [3.8, 4) is 0 Å². The molecule has 4 heteroatoms. The molecule has 112 valence electrons. The summed E-state index contributed by atoms with van der Waals surface area (Å²) in [7, 11) is 1.48. The molecule has 1 N–H and O–H groups in total. The molecule has 0 amide bonds. The number of carbonyl (C=O) groups excluding carboxylic acids is 1. The number of rotatable bonds is 6. The standard InChI is InChI=1S/C15H30N2O2/c1-5-17-9-6-7-13(8-10-17)16-14(11-12(2)3)15(18)19-4/h12-14,16H,5-11H2,1-4H3. The molecule has 2 atom stereocenters. The van der Waals surface area contributed by atoms with E-state index in [2.05, 4.69) is 31.0 Å². The summed E-state index contributed by atoms with van der Waals surface area (Å²) in [6.07, 6.45) is 4.34. The van der Waals surface area contributed by atoms with Crippen molar-refractivity contribution in [3.05, 3.63) is 0 Å². The minimum absolute atomic E-state index is 0.120. The Kier molecular flexibility index (Phi) is 7.39. The first-order valence-electron chi connectivity index (χ1n) is 7.63. The Morgan fingerprint density at radius 1 is 1.37 bits per heavy atom. The molecule has 0 radical (unpaired) electrons. The third-order valence-corrected chi connectivity index (χ3v) is 3.90. The number of likely N-dealkylation sites (tertiary alicyclic amines) is 1. The molecular formula is C15H30N2O2. The second-order valence-electron chi connectivity index (χ2n) is 5.93. The van der Waals surface area contributed by atoms with Crippen molar-refractivity contribution < 1.29 is 9.53 Å². The lowest BCUT2D eigenvalue weighted by molar-refractivity contribution is -0.143. The summed E-state index contributed by atoms with van der Waals surface area (Å²) >= 11 is 0. The van der Waals surface area contributed by atoms with Gasteiger partial charge >= 0.3 is 5.97 Å². The van der Waals surface area contributed by atoms with Crippen LogP contribution in [-0.4, -0.2) is 49.7 Å². The molecule has 0 aromatic heterocycles. The van der Waals surface area contributed by atoms with Crippen molar-refractivity contribution in [3.63, 3.8) is 0 Å². The van der Waals surface area contributed by atoms with Crippen LogP contribution in [0.25, 0.3) is 0 Å². The number of hydrogen-bond acceptors (Lipinski definition) is 4. The molecule has 0 aromatic rings. The molecular weight excluding hydrogens is 240 g/mol. The van der Waals surface area contributed by atoms with E-state index in [0.717, 1.165) is 32.4 Å². The highest BCUT2D eigenvalue weighted by Gasteiger charge is 2.25. The summed E-state index contributed by atoms with van der Waals surface area (Å²) < 4.78 is 4.92. The number of nitrogens with zero attached hydrogens (tertiary/aromatic N) is 1. The van der Waals surface area contributed by atoms with Crippen molar-refractivity contribution >= 4 is 5.97 Å². The Morgan fingerprint density at radius 2 is 2.11 bits per heavy atom. The van der Waals surface area contributed by atoms with Gasteiger partial charge in [-0.1, -0.05) is 20.8 Å². The van der Waals surface area contributed by atoms with Crippen LogP contribution < -0.4 is 5.32 Å². The van der Waals surface area contributed by atoms with Crippen molar-refractivity contribution in [1.29, 1.82) is 0 Å². The first-order chi connectivity index (χ1) is 9.06. The van der Waals surface area contributed by atoms with Gasteiger partial charge in [0.2, 0.25) is 0 Å². The molecule has 0 spiro atoms. The zero-order valence-electron chi connectivity index (χ0n) is 12.9. The zero-order chi connectivity index (χ0) is 14.3. The Hall–Kier alpha value is -0.610. The maximum atomic E-state index is 11.8. The fraction of sp³-hybridized carbons (Fsp3) is 0.933. The lowest BCUT2D eigenvalue weighted by Gasteiger charge is -2.24. The van der Waals surface area contributed by atoms with Crippen LogP contribution >= 0.6 is 0 Å². The Balaban J connectivity index is 2.50. The summed E-state index contributed by atoms with van der Waals surface area (Å²) in [5.41, 5.74) is 0. The van der Waals surface area contributed by atoms with E-state index in [1.165, 1.54) is 20.1 Å². The first kappa shape index (κ1) is 16.4. The highest BCUT2D eigenvalue weighted by Crippen LogP contribution is 2.14. The smallest absolute Gasteiger partial charge is 0.322 e. The molecule has 0 saturated carbocycles. The first-order valence-corrected chi connectivity index (χ1v) is 7.63. The fourth-order valence-corrected chi connectivity index (χ4v) is 2.77. The van der Waals surface area contributed by atoms with Crippen molar-refractivity contribution in [2.24, 2.45) is 5.92 Å². The van der Waals surface area contributed by atoms with E-state index >= 15 is 0 Å². The van der Waals surface area contributed by atoms with Gasteiger partial charge in [-0.05, 0) is 51.2 Å². The highest BCUT2D eigenvalue weighted by atomic mass is 16.5. The average molecular weight is 270 g/mol. The molecule has 1 heterocycles. The fourth-order valence-electron chi connectivity index (χ4n) is 2.77. The second-order valence-corrected chi connectivity index (χ2v) is 5.93. The van der Waals surface area contributed by atoms with E-state index in [4.69, 9.17) is 4.74 Å². The molecule has 4 nitrogen and oxygen atoms in total. The van der Waals surface area contributed by atoms with Crippen LogP contribution in [0.4, 0.5) is 0 Å². The summed E-state index contributed by atoms with van der Waals surface area (Å²) in [5, 5.41) is 3.52. The Morgan fingerprint density at radius 3 is 2.68 bits per heavy atom. The van der Waals surface area contributed by atoms with E-state index in [1.807, 2.05) is 0 Å². The van der Waals surface area contributed by atoms with Crippen molar-refractivity contribution in [2.75, 3.05) is 26.7 Å². The Bertz CT molecular complexity index is 269. The minimum Gasteiger partial charge on any atom is -0.468 e. The van der Waals surface area contributed by atoms with Gasteiger partial charge in [-0.25, -0.2) is 0 Å². The van der Waals surface area contributed by atoms with Gasteiger partial charge in [0.15, 0.2) is 0 Å². The van der Waals surface area contributed by atoms with E-state index in [1.54, 1.807) is 0 Å². The second kappa shape index (κ2) is 8.54. The maximum Gasteiger partial charge on any atom is 0.322 e. The van der Waals surface area contributed by atoms with Gasteiger partial charge in [-0.15, -0.1) is 0 Å². The summed E-state index contributed by atoms with van der Waals surface area (Å²) in [4.78, 5) is 14.3. The topological polar surface area (TPSA) is 41.6 Å². The van der Waals surface area contributed by atoms with Crippen molar-refractivity contribution in [2.45, 2.75) is 58.5 Å². The number of esters is 1. The molecule has 1 saturated heterocycles. The number of ether oxygens (including phenoxy) is 1. The van der Waals surface area contributed by atoms with E-state index in [0.29, 0.717) is 12.0 Å². The van der Waals surface area contributed by atoms with Gasteiger partial charge in [-0.2, -0.15) is 0 Å². The highest BCUT2D eigenvalue weighted by molar-refractivity contribution is 5.75. The van der Waals surface area contributed by atoms with Crippen LogP contribution in [0, 0.1) is 5.92 Å². The van der Waals surface area contributed by atoms with Gasteiger partial charge < -0.3 is 15.0 Å². The molecule has 19 heavy (non-hydrogen) atoms. The van der Waals surface area contributed by atoms with Crippen molar-refractivity contribution in [1.82, 2.24) is 10.2 Å². The molecule has 0 aromatic carbocycles. The molecule has 0 bridgehead atoms. The summed E-state index contributed by atoms with van der Waals surface area (Å²) in [6.45, 7) is 9.93. The normalized spacial score (nSPS) is 23.1. The quantitative estimate of drug-likeness (QED) is 0.750. The van der Waals surface area contributed by atoms with Crippen LogP contribution in [0.15, 0.2) is 0 Å². The van der Waals surface area contributed by atoms with Crippen LogP contribution in [0.2, 0.25) is 0 Å². The minimum atomic E-state index is -0.150. The van der Waals surface area contributed by atoms with Gasteiger partial charge in [-0.3, -0.25) is 4.79 Å². The number of methoxy groups -OCH3 is 1. The zero-order valence-corrected chi connectivity index (χ0v) is 12.9. The maximum absolute atomic E-state index is 11.8.